The number of nitrogens with zero attached hydrogens (tertiary/aromatic N) is 1. The molecule has 0 amide bonds. The lowest BCUT2D eigenvalue weighted by atomic mass is 9.80. The van der Waals surface area contributed by atoms with Crippen LogP contribution in [0.15, 0.2) is 0 Å². The van der Waals surface area contributed by atoms with Gasteiger partial charge in [0.25, 0.3) is 0 Å². The number of rotatable bonds is 4. The fourth-order valence-electron chi connectivity index (χ4n) is 4.60. The Labute approximate surface area is 119 Å². The van der Waals surface area contributed by atoms with Crippen LogP contribution in [0.4, 0.5) is 0 Å². The monoisotopic (exact) mass is 264 g/mol. The Balaban J connectivity index is 1.82. The van der Waals surface area contributed by atoms with E-state index in [1.165, 1.54) is 64.5 Å². The fourth-order valence-corrected chi connectivity index (χ4v) is 4.60. The Kier molecular flexibility index (Phi) is 3.68. The summed E-state index contributed by atoms with van der Waals surface area (Å²) < 4.78 is 0. The Morgan fingerprint density at radius 3 is 2.21 bits per heavy atom. The maximum absolute atomic E-state index is 3.96. The summed E-state index contributed by atoms with van der Waals surface area (Å²) in [4.78, 5) is 2.96. The average molecular weight is 264 g/mol. The Morgan fingerprint density at radius 2 is 1.68 bits per heavy atom. The van der Waals surface area contributed by atoms with Crippen LogP contribution in [0.1, 0.15) is 72.1 Å². The number of hydrogen-bond acceptors (Lipinski definition) is 2. The third-order valence-corrected chi connectivity index (χ3v) is 6.53. The van der Waals surface area contributed by atoms with Gasteiger partial charge in [-0.05, 0) is 51.4 Å². The van der Waals surface area contributed by atoms with Gasteiger partial charge < -0.3 is 5.32 Å². The zero-order chi connectivity index (χ0) is 13.5. The fraction of sp³-hybridized carbons (Fsp3) is 1.00. The van der Waals surface area contributed by atoms with Crippen LogP contribution >= 0.6 is 0 Å². The van der Waals surface area contributed by atoms with Gasteiger partial charge in [0, 0.05) is 30.2 Å². The van der Waals surface area contributed by atoms with Crippen LogP contribution in [0, 0.1) is 5.92 Å². The second-order valence-corrected chi connectivity index (χ2v) is 7.54. The van der Waals surface area contributed by atoms with Crippen LogP contribution in [0.5, 0.6) is 0 Å². The predicted molar refractivity (Wildman–Crippen MR) is 81.4 cm³/mol. The van der Waals surface area contributed by atoms with Crippen molar-refractivity contribution in [3.63, 3.8) is 0 Å². The van der Waals surface area contributed by atoms with Crippen molar-refractivity contribution in [2.45, 2.75) is 89.3 Å². The van der Waals surface area contributed by atoms with Crippen molar-refractivity contribution in [1.29, 1.82) is 0 Å². The predicted octanol–water partition coefficient (Wildman–Crippen LogP) is 3.56. The molecular formula is C17H32N2. The molecule has 1 atom stereocenters. The zero-order valence-electron chi connectivity index (χ0n) is 13.2. The smallest absolute Gasteiger partial charge is 0.0337 e. The van der Waals surface area contributed by atoms with E-state index in [0.29, 0.717) is 11.1 Å². The molecule has 110 valence electrons. The second kappa shape index (κ2) is 5.04. The second-order valence-electron chi connectivity index (χ2n) is 7.54. The van der Waals surface area contributed by atoms with Crippen molar-refractivity contribution in [1.82, 2.24) is 10.2 Å². The Bertz CT molecular complexity index is 313. The first-order chi connectivity index (χ1) is 9.13. The highest BCUT2D eigenvalue weighted by atomic mass is 15.3. The maximum atomic E-state index is 3.96. The minimum atomic E-state index is 0.386. The molecule has 1 unspecified atom stereocenters. The molecule has 1 saturated heterocycles. The molecule has 0 bridgehead atoms. The van der Waals surface area contributed by atoms with Crippen molar-refractivity contribution in [2.24, 2.45) is 5.92 Å². The molecule has 1 heterocycles. The van der Waals surface area contributed by atoms with Gasteiger partial charge in [-0.25, -0.2) is 0 Å². The normalized spacial score (nSPS) is 36.8. The SMILES string of the molecule is CCC1(CC)CN(C2CCCC2)C(C)(C2CC2)CN1. The topological polar surface area (TPSA) is 15.3 Å². The summed E-state index contributed by atoms with van der Waals surface area (Å²) in [5.41, 5.74) is 0.833. The largest absolute Gasteiger partial charge is 0.308 e. The van der Waals surface area contributed by atoms with Crippen LogP contribution in [0.2, 0.25) is 0 Å². The average Bonchev–Trinajstić information content (AvgIpc) is 3.17. The van der Waals surface area contributed by atoms with E-state index >= 15 is 0 Å². The van der Waals surface area contributed by atoms with Gasteiger partial charge in [0.05, 0.1) is 0 Å². The molecule has 0 radical (unpaired) electrons. The van der Waals surface area contributed by atoms with Gasteiger partial charge in [-0.3, -0.25) is 4.90 Å². The highest BCUT2D eigenvalue weighted by Crippen LogP contribution is 2.47. The van der Waals surface area contributed by atoms with E-state index in [2.05, 4.69) is 31.0 Å². The van der Waals surface area contributed by atoms with E-state index in [-0.39, 0.29) is 0 Å². The highest BCUT2D eigenvalue weighted by molar-refractivity contribution is 5.10. The molecule has 2 saturated carbocycles. The molecule has 3 aliphatic rings. The van der Waals surface area contributed by atoms with Crippen molar-refractivity contribution < 1.29 is 0 Å². The van der Waals surface area contributed by atoms with Crippen LogP contribution in [-0.4, -0.2) is 35.1 Å². The van der Waals surface area contributed by atoms with Crippen molar-refractivity contribution >= 4 is 0 Å². The molecule has 0 aromatic carbocycles. The van der Waals surface area contributed by atoms with E-state index in [1.54, 1.807) is 0 Å². The Hall–Kier alpha value is -0.0800. The summed E-state index contributed by atoms with van der Waals surface area (Å²) in [5, 5.41) is 3.96. The molecule has 3 rings (SSSR count). The summed E-state index contributed by atoms with van der Waals surface area (Å²) in [6, 6.07) is 0.880. The first kappa shape index (κ1) is 13.9. The lowest BCUT2D eigenvalue weighted by Gasteiger charge is -2.56. The summed E-state index contributed by atoms with van der Waals surface area (Å²) in [7, 11) is 0. The summed E-state index contributed by atoms with van der Waals surface area (Å²) in [5.74, 6) is 0.965. The zero-order valence-corrected chi connectivity index (χ0v) is 13.2. The van der Waals surface area contributed by atoms with E-state index in [1.807, 2.05) is 0 Å². The van der Waals surface area contributed by atoms with Crippen LogP contribution in [0.25, 0.3) is 0 Å². The summed E-state index contributed by atoms with van der Waals surface area (Å²) >= 11 is 0. The molecule has 2 aliphatic carbocycles. The molecule has 1 N–H and O–H groups in total. The molecule has 0 spiro atoms. The molecule has 2 heteroatoms. The van der Waals surface area contributed by atoms with Crippen LogP contribution in [0.3, 0.4) is 0 Å². The van der Waals surface area contributed by atoms with Gasteiger partial charge in [-0.15, -0.1) is 0 Å². The molecule has 1 aliphatic heterocycles. The number of nitrogens with one attached hydrogen (secondary N) is 1. The summed E-state index contributed by atoms with van der Waals surface area (Å²) in [6.07, 6.45) is 11.3. The standard InChI is InChI=1S/C17H32N2/c1-4-17(5-2)13-19(15-8-6-7-9-15)16(3,12-18-17)14-10-11-14/h14-15,18H,4-13H2,1-3H3. The van der Waals surface area contributed by atoms with E-state index in [9.17, 15) is 0 Å². The molecule has 0 aromatic rings. The quantitative estimate of drug-likeness (QED) is 0.835. The lowest BCUT2D eigenvalue weighted by molar-refractivity contribution is -0.0314. The molecule has 2 nitrogen and oxygen atoms in total. The highest BCUT2D eigenvalue weighted by Gasteiger charge is 2.52. The molecule has 0 aromatic heterocycles. The Morgan fingerprint density at radius 1 is 1.05 bits per heavy atom. The van der Waals surface area contributed by atoms with Gasteiger partial charge in [0.1, 0.15) is 0 Å². The van der Waals surface area contributed by atoms with Crippen molar-refractivity contribution in [2.75, 3.05) is 13.1 Å². The minimum absolute atomic E-state index is 0.386. The summed E-state index contributed by atoms with van der Waals surface area (Å²) in [6.45, 7) is 9.78. The van der Waals surface area contributed by atoms with Crippen molar-refractivity contribution in [3.8, 4) is 0 Å². The molecule has 19 heavy (non-hydrogen) atoms. The van der Waals surface area contributed by atoms with Crippen LogP contribution in [-0.2, 0) is 0 Å². The van der Waals surface area contributed by atoms with E-state index < -0.39 is 0 Å². The van der Waals surface area contributed by atoms with Crippen molar-refractivity contribution in [3.05, 3.63) is 0 Å². The molecule has 3 fully saturated rings. The van der Waals surface area contributed by atoms with Gasteiger partial charge in [0.15, 0.2) is 0 Å². The van der Waals surface area contributed by atoms with E-state index in [0.717, 1.165) is 12.0 Å². The first-order valence-electron chi connectivity index (χ1n) is 8.65. The van der Waals surface area contributed by atoms with E-state index in [4.69, 9.17) is 0 Å². The maximum Gasteiger partial charge on any atom is 0.0337 e. The first-order valence-corrected chi connectivity index (χ1v) is 8.65. The lowest BCUT2D eigenvalue weighted by Crippen LogP contribution is -2.71. The minimum Gasteiger partial charge on any atom is -0.308 e. The van der Waals surface area contributed by atoms with Gasteiger partial charge in [0.2, 0.25) is 0 Å². The molecular weight excluding hydrogens is 232 g/mol. The third kappa shape index (κ3) is 2.35. The van der Waals surface area contributed by atoms with Crippen LogP contribution < -0.4 is 5.32 Å². The number of hydrogen-bond donors (Lipinski definition) is 1. The van der Waals surface area contributed by atoms with Gasteiger partial charge in [-0.1, -0.05) is 26.7 Å². The number of piperazine rings is 1. The van der Waals surface area contributed by atoms with Gasteiger partial charge >= 0.3 is 0 Å². The third-order valence-electron chi connectivity index (χ3n) is 6.53. The van der Waals surface area contributed by atoms with Gasteiger partial charge in [-0.2, -0.15) is 0 Å².